The molecule has 30 heavy (non-hydrogen) atoms. The number of carboxylic acid groups (broad SMARTS) is 1. The first-order valence-electron chi connectivity index (χ1n) is 9.66. The van der Waals surface area contributed by atoms with Gasteiger partial charge in [0.2, 0.25) is 0 Å². The fourth-order valence-corrected chi connectivity index (χ4v) is 3.66. The van der Waals surface area contributed by atoms with E-state index in [1.807, 2.05) is 0 Å². The number of carboxylic acids is 1. The highest BCUT2D eigenvalue weighted by molar-refractivity contribution is 5.92. The van der Waals surface area contributed by atoms with E-state index in [2.05, 4.69) is 9.72 Å². The Hall–Kier alpha value is -3.42. The molecule has 0 saturated heterocycles. The molecule has 6 nitrogen and oxygen atoms in total. The molecule has 1 fully saturated rings. The summed E-state index contributed by atoms with van der Waals surface area (Å²) < 4.78 is 37.9. The summed E-state index contributed by atoms with van der Waals surface area (Å²) in [7, 11) is 0. The van der Waals surface area contributed by atoms with E-state index in [1.165, 1.54) is 10.5 Å². The number of imidazole rings is 1. The van der Waals surface area contributed by atoms with E-state index in [9.17, 15) is 18.7 Å². The van der Waals surface area contributed by atoms with Crippen molar-refractivity contribution >= 4 is 23.8 Å². The number of alkyl halides is 2. The minimum absolute atomic E-state index is 0.0140. The van der Waals surface area contributed by atoms with Crippen molar-refractivity contribution in [2.75, 3.05) is 0 Å². The maximum Gasteiger partial charge on any atom is 0.387 e. The van der Waals surface area contributed by atoms with E-state index in [1.54, 1.807) is 48.7 Å². The Labute approximate surface area is 171 Å². The van der Waals surface area contributed by atoms with Crippen LogP contribution in [0, 0.1) is 0 Å². The molecule has 156 valence electrons. The highest BCUT2D eigenvalue weighted by Gasteiger charge is 2.22. The van der Waals surface area contributed by atoms with Gasteiger partial charge in [-0.2, -0.15) is 8.78 Å². The van der Waals surface area contributed by atoms with E-state index in [4.69, 9.17) is 4.74 Å². The summed E-state index contributed by atoms with van der Waals surface area (Å²) in [5.74, 6) is -0.945. The minimum Gasteiger partial charge on any atom is -0.486 e. The van der Waals surface area contributed by atoms with Crippen molar-refractivity contribution in [3.63, 3.8) is 0 Å². The molecule has 0 atom stereocenters. The van der Waals surface area contributed by atoms with Crippen LogP contribution < -0.4 is 9.47 Å². The maximum absolute atomic E-state index is 12.9. The molecule has 4 rings (SSSR count). The standard InChI is InChI=1S/C22H20F2N2O4/c23-22(24)30-17-9-5-6-14(20(17)29-15-7-1-2-8-15)11-12-16-19(21(27)28)26-13-4-3-10-18(26)25-16/h3-6,9-13,15,22H,1-2,7-8H2,(H,27,28)/b12-11+. The van der Waals surface area contributed by atoms with Gasteiger partial charge in [0.1, 0.15) is 5.65 Å². The fraction of sp³-hybridized carbons (Fsp3) is 0.273. The van der Waals surface area contributed by atoms with Gasteiger partial charge in [0.05, 0.1) is 11.8 Å². The monoisotopic (exact) mass is 414 g/mol. The average Bonchev–Trinajstić information content (AvgIpc) is 3.34. The molecule has 2 aromatic heterocycles. The Bertz CT molecular complexity index is 1090. The molecule has 1 aliphatic carbocycles. The van der Waals surface area contributed by atoms with Gasteiger partial charge in [0.25, 0.3) is 0 Å². The van der Waals surface area contributed by atoms with Crippen molar-refractivity contribution in [3.05, 3.63) is 59.5 Å². The van der Waals surface area contributed by atoms with Crippen molar-refractivity contribution in [1.29, 1.82) is 0 Å². The predicted molar refractivity (Wildman–Crippen MR) is 107 cm³/mol. The van der Waals surface area contributed by atoms with E-state index in [0.717, 1.165) is 25.7 Å². The topological polar surface area (TPSA) is 73.1 Å². The number of aromatic carboxylic acids is 1. The van der Waals surface area contributed by atoms with Gasteiger partial charge >= 0.3 is 12.6 Å². The van der Waals surface area contributed by atoms with Crippen LogP contribution in [-0.2, 0) is 0 Å². The number of hydrogen-bond acceptors (Lipinski definition) is 4. The number of rotatable bonds is 7. The van der Waals surface area contributed by atoms with Crippen LogP contribution in [0.25, 0.3) is 17.8 Å². The molecule has 1 aliphatic rings. The van der Waals surface area contributed by atoms with Crippen LogP contribution in [-0.4, -0.2) is 33.2 Å². The van der Waals surface area contributed by atoms with E-state index < -0.39 is 12.6 Å². The summed E-state index contributed by atoms with van der Waals surface area (Å²) in [4.78, 5) is 16.1. The zero-order chi connectivity index (χ0) is 21.1. The smallest absolute Gasteiger partial charge is 0.387 e. The predicted octanol–water partition coefficient (Wildman–Crippen LogP) is 5.13. The maximum atomic E-state index is 12.9. The number of fused-ring (bicyclic) bond motifs is 1. The molecule has 3 aromatic rings. The molecule has 2 heterocycles. The third kappa shape index (κ3) is 4.12. The number of carbonyl (C=O) groups is 1. The Morgan fingerprint density at radius 3 is 2.70 bits per heavy atom. The van der Waals surface area contributed by atoms with Gasteiger partial charge in [-0.1, -0.05) is 18.2 Å². The van der Waals surface area contributed by atoms with Crippen LogP contribution in [0.15, 0.2) is 42.6 Å². The van der Waals surface area contributed by atoms with E-state index in [0.29, 0.717) is 11.2 Å². The summed E-state index contributed by atoms with van der Waals surface area (Å²) in [5, 5.41) is 9.61. The number of benzene rings is 1. The third-order valence-electron chi connectivity index (χ3n) is 4.99. The lowest BCUT2D eigenvalue weighted by molar-refractivity contribution is -0.0520. The van der Waals surface area contributed by atoms with Crippen molar-refractivity contribution in [3.8, 4) is 11.5 Å². The van der Waals surface area contributed by atoms with Gasteiger partial charge in [0.15, 0.2) is 17.2 Å². The number of ether oxygens (including phenoxy) is 2. The number of nitrogens with zero attached hydrogens (tertiary/aromatic N) is 2. The normalized spacial score (nSPS) is 14.8. The second kappa shape index (κ2) is 8.52. The van der Waals surface area contributed by atoms with Gasteiger partial charge in [-0.05, 0) is 56.0 Å². The Kier molecular flexibility index (Phi) is 5.65. The zero-order valence-electron chi connectivity index (χ0n) is 16.0. The quantitative estimate of drug-likeness (QED) is 0.581. The molecule has 0 unspecified atom stereocenters. The summed E-state index contributed by atoms with van der Waals surface area (Å²) in [6, 6.07) is 9.90. The van der Waals surface area contributed by atoms with Crippen LogP contribution in [0.3, 0.4) is 0 Å². The van der Waals surface area contributed by atoms with Crippen molar-refractivity contribution < 1.29 is 28.2 Å². The SMILES string of the molecule is O=C(O)c1c(/C=C/c2cccc(OC(F)F)c2OC2CCCC2)nc2ccccn12. The van der Waals surface area contributed by atoms with E-state index >= 15 is 0 Å². The second-order valence-corrected chi connectivity index (χ2v) is 6.99. The average molecular weight is 414 g/mol. The molecule has 0 radical (unpaired) electrons. The molecule has 8 heteroatoms. The number of hydrogen-bond donors (Lipinski definition) is 1. The number of aromatic nitrogens is 2. The molecule has 0 bridgehead atoms. The van der Waals surface area contributed by atoms with Gasteiger partial charge in [-0.15, -0.1) is 0 Å². The van der Waals surface area contributed by atoms with Gasteiger partial charge in [-0.25, -0.2) is 9.78 Å². The van der Waals surface area contributed by atoms with Crippen LogP contribution in [0.5, 0.6) is 11.5 Å². The van der Waals surface area contributed by atoms with Crippen LogP contribution in [0.2, 0.25) is 0 Å². The van der Waals surface area contributed by atoms with Crippen LogP contribution in [0.4, 0.5) is 8.78 Å². The fourth-order valence-electron chi connectivity index (χ4n) is 3.66. The van der Waals surface area contributed by atoms with Gasteiger partial charge in [0, 0.05) is 11.8 Å². The highest BCUT2D eigenvalue weighted by Crippen LogP contribution is 2.37. The summed E-state index contributed by atoms with van der Waals surface area (Å²) >= 11 is 0. The van der Waals surface area contributed by atoms with Crippen molar-refractivity contribution in [1.82, 2.24) is 9.38 Å². The molecular weight excluding hydrogens is 394 g/mol. The van der Waals surface area contributed by atoms with Crippen molar-refractivity contribution in [2.24, 2.45) is 0 Å². The highest BCUT2D eigenvalue weighted by atomic mass is 19.3. The molecule has 1 N–H and O–H groups in total. The first-order chi connectivity index (χ1) is 14.5. The molecule has 1 saturated carbocycles. The van der Waals surface area contributed by atoms with Crippen LogP contribution >= 0.6 is 0 Å². The number of halogens is 2. The molecule has 1 aromatic carbocycles. The van der Waals surface area contributed by atoms with Gasteiger partial charge < -0.3 is 14.6 Å². The molecular formula is C22H20F2N2O4. The molecule has 0 aliphatic heterocycles. The first-order valence-corrected chi connectivity index (χ1v) is 9.66. The van der Waals surface area contributed by atoms with E-state index in [-0.39, 0.29) is 29.0 Å². The molecule has 0 spiro atoms. The minimum atomic E-state index is -2.98. The largest absolute Gasteiger partial charge is 0.486 e. The Balaban J connectivity index is 1.73. The summed E-state index contributed by atoms with van der Waals surface area (Å²) in [6.07, 6.45) is 8.45. The third-order valence-corrected chi connectivity index (χ3v) is 4.99. The second-order valence-electron chi connectivity index (χ2n) is 6.99. The summed E-state index contributed by atoms with van der Waals surface area (Å²) in [5.41, 5.74) is 1.26. The lowest BCUT2D eigenvalue weighted by Crippen LogP contribution is -2.13. The number of para-hydroxylation sites is 1. The zero-order valence-corrected chi connectivity index (χ0v) is 16.0. The first kappa shape index (κ1) is 19.9. The van der Waals surface area contributed by atoms with Gasteiger partial charge in [-0.3, -0.25) is 4.40 Å². The Morgan fingerprint density at radius 2 is 1.97 bits per heavy atom. The lowest BCUT2D eigenvalue weighted by atomic mass is 10.1. The van der Waals surface area contributed by atoms with Crippen LogP contribution in [0.1, 0.15) is 47.4 Å². The lowest BCUT2D eigenvalue weighted by Gasteiger charge is -2.18. The van der Waals surface area contributed by atoms with Crippen molar-refractivity contribution in [2.45, 2.75) is 38.4 Å². The number of pyridine rings is 1. The molecule has 0 amide bonds. The Morgan fingerprint density at radius 1 is 1.17 bits per heavy atom. The summed E-state index contributed by atoms with van der Waals surface area (Å²) in [6.45, 7) is -2.98.